The number of aromatic nitrogens is 1. The van der Waals surface area contributed by atoms with Crippen molar-refractivity contribution in [3.8, 4) is 0 Å². The number of unbranched alkanes of at least 4 members (excludes halogenated alkanes) is 3. The molecule has 0 radical (unpaired) electrons. The second kappa shape index (κ2) is 5.57. The van der Waals surface area contributed by atoms with Gasteiger partial charge in [-0.25, -0.2) is 4.79 Å². The van der Waals surface area contributed by atoms with E-state index in [0.29, 0.717) is 17.9 Å². The van der Waals surface area contributed by atoms with Gasteiger partial charge in [0.2, 0.25) is 0 Å². The molecule has 0 bridgehead atoms. The van der Waals surface area contributed by atoms with Crippen LogP contribution in [0.5, 0.6) is 0 Å². The van der Waals surface area contributed by atoms with E-state index in [4.69, 9.17) is 9.15 Å². The van der Waals surface area contributed by atoms with Crippen molar-refractivity contribution < 1.29 is 13.9 Å². The van der Waals surface area contributed by atoms with Crippen molar-refractivity contribution >= 4 is 17.1 Å². The summed E-state index contributed by atoms with van der Waals surface area (Å²) in [6.07, 6.45) is 5.99. The van der Waals surface area contributed by atoms with Crippen molar-refractivity contribution in [1.29, 1.82) is 0 Å². The SMILES string of the molecule is CCCCCCOC(=O)c1cc2occc2[nH]1. The van der Waals surface area contributed by atoms with Gasteiger partial charge in [-0.1, -0.05) is 26.2 Å². The first-order valence-corrected chi connectivity index (χ1v) is 6.04. The number of rotatable bonds is 6. The summed E-state index contributed by atoms with van der Waals surface area (Å²) in [6.45, 7) is 2.64. The van der Waals surface area contributed by atoms with E-state index in [-0.39, 0.29) is 5.97 Å². The second-order valence-electron chi connectivity index (χ2n) is 4.08. The largest absolute Gasteiger partial charge is 0.463 e. The summed E-state index contributed by atoms with van der Waals surface area (Å²) in [6, 6.07) is 3.46. The molecule has 1 N–H and O–H groups in total. The first-order valence-electron chi connectivity index (χ1n) is 6.04. The Morgan fingerprint density at radius 1 is 1.41 bits per heavy atom. The summed E-state index contributed by atoms with van der Waals surface area (Å²) in [5.41, 5.74) is 1.96. The zero-order valence-corrected chi connectivity index (χ0v) is 9.99. The number of furan rings is 1. The average Bonchev–Trinajstić information content (AvgIpc) is 2.88. The van der Waals surface area contributed by atoms with Crippen LogP contribution in [-0.2, 0) is 4.74 Å². The highest BCUT2D eigenvalue weighted by molar-refractivity contribution is 5.93. The minimum absolute atomic E-state index is 0.312. The normalized spacial score (nSPS) is 10.9. The van der Waals surface area contributed by atoms with Crippen molar-refractivity contribution in [2.45, 2.75) is 32.6 Å². The summed E-state index contributed by atoms with van der Waals surface area (Å²) >= 11 is 0. The van der Waals surface area contributed by atoms with Crippen molar-refractivity contribution in [3.63, 3.8) is 0 Å². The van der Waals surface area contributed by atoms with Crippen LogP contribution in [0.4, 0.5) is 0 Å². The van der Waals surface area contributed by atoms with Gasteiger partial charge in [0.1, 0.15) is 5.69 Å². The highest BCUT2D eigenvalue weighted by Gasteiger charge is 2.11. The number of fused-ring (bicyclic) bond motifs is 1. The molecule has 0 unspecified atom stereocenters. The summed E-state index contributed by atoms with van der Waals surface area (Å²) < 4.78 is 10.3. The maximum absolute atomic E-state index is 11.6. The number of hydrogen-bond donors (Lipinski definition) is 1. The Morgan fingerprint density at radius 2 is 2.29 bits per heavy atom. The van der Waals surface area contributed by atoms with E-state index >= 15 is 0 Å². The van der Waals surface area contributed by atoms with Crippen LogP contribution < -0.4 is 0 Å². The minimum Gasteiger partial charge on any atom is -0.463 e. The number of nitrogens with one attached hydrogen (secondary N) is 1. The van der Waals surface area contributed by atoms with E-state index in [1.165, 1.54) is 12.8 Å². The Balaban J connectivity index is 1.81. The lowest BCUT2D eigenvalue weighted by Crippen LogP contribution is -2.06. The Bertz CT molecular complexity index is 455. The molecule has 2 aromatic rings. The molecule has 0 aliphatic heterocycles. The van der Waals surface area contributed by atoms with E-state index in [2.05, 4.69) is 11.9 Å². The first-order chi connectivity index (χ1) is 8.31. The molecule has 92 valence electrons. The molecular formula is C13H17NO3. The van der Waals surface area contributed by atoms with Crippen molar-refractivity contribution in [2.24, 2.45) is 0 Å². The molecule has 2 aromatic heterocycles. The maximum Gasteiger partial charge on any atom is 0.354 e. The van der Waals surface area contributed by atoms with Gasteiger partial charge in [0.05, 0.1) is 18.4 Å². The maximum atomic E-state index is 11.6. The number of esters is 1. The van der Waals surface area contributed by atoms with E-state index in [1.54, 1.807) is 18.4 Å². The summed E-state index contributed by atoms with van der Waals surface area (Å²) in [5, 5.41) is 0. The second-order valence-corrected chi connectivity index (χ2v) is 4.08. The fourth-order valence-electron chi connectivity index (χ4n) is 1.73. The third-order valence-corrected chi connectivity index (χ3v) is 2.69. The van der Waals surface area contributed by atoms with Gasteiger partial charge < -0.3 is 14.1 Å². The summed E-state index contributed by atoms with van der Waals surface area (Å²) in [7, 11) is 0. The Morgan fingerprint density at radius 3 is 3.06 bits per heavy atom. The third-order valence-electron chi connectivity index (χ3n) is 2.69. The van der Waals surface area contributed by atoms with Crippen LogP contribution in [-0.4, -0.2) is 17.6 Å². The number of H-pyrrole nitrogens is 1. The van der Waals surface area contributed by atoms with Gasteiger partial charge in [0.25, 0.3) is 0 Å². The van der Waals surface area contributed by atoms with Crippen molar-refractivity contribution in [1.82, 2.24) is 4.98 Å². The van der Waals surface area contributed by atoms with E-state index in [9.17, 15) is 4.79 Å². The number of ether oxygens (including phenoxy) is 1. The minimum atomic E-state index is -0.312. The lowest BCUT2D eigenvalue weighted by atomic mass is 10.2. The van der Waals surface area contributed by atoms with E-state index < -0.39 is 0 Å². The zero-order chi connectivity index (χ0) is 12.1. The topological polar surface area (TPSA) is 55.2 Å². The van der Waals surface area contributed by atoms with E-state index in [1.807, 2.05) is 0 Å². The van der Waals surface area contributed by atoms with Crippen molar-refractivity contribution in [2.75, 3.05) is 6.61 Å². The van der Waals surface area contributed by atoms with Gasteiger partial charge in [-0.3, -0.25) is 0 Å². The molecule has 4 heteroatoms. The number of carbonyl (C=O) groups is 1. The van der Waals surface area contributed by atoms with Crippen LogP contribution in [0.15, 0.2) is 22.8 Å². The Labute approximate surface area is 99.9 Å². The predicted molar refractivity (Wildman–Crippen MR) is 65.0 cm³/mol. The fraction of sp³-hybridized carbons (Fsp3) is 0.462. The van der Waals surface area contributed by atoms with Crippen LogP contribution in [0, 0.1) is 0 Å². The molecule has 17 heavy (non-hydrogen) atoms. The quantitative estimate of drug-likeness (QED) is 0.615. The van der Waals surface area contributed by atoms with Crippen LogP contribution >= 0.6 is 0 Å². The highest BCUT2D eigenvalue weighted by Crippen LogP contribution is 2.16. The molecule has 2 heterocycles. The number of aromatic amines is 1. The standard InChI is InChI=1S/C13H17NO3/c1-2-3-4-5-7-17-13(15)11-9-12-10(14-11)6-8-16-12/h6,8-9,14H,2-5,7H2,1H3. The number of hydrogen-bond acceptors (Lipinski definition) is 3. The molecule has 0 aromatic carbocycles. The Hall–Kier alpha value is -1.71. The molecular weight excluding hydrogens is 218 g/mol. The molecule has 4 nitrogen and oxygen atoms in total. The van der Waals surface area contributed by atoms with Crippen LogP contribution in [0.1, 0.15) is 43.1 Å². The molecule has 0 amide bonds. The Kier molecular flexibility index (Phi) is 3.85. The van der Waals surface area contributed by atoms with Crippen LogP contribution in [0.25, 0.3) is 11.1 Å². The first kappa shape index (κ1) is 11.8. The van der Waals surface area contributed by atoms with Gasteiger partial charge in [-0.05, 0) is 6.42 Å². The third kappa shape index (κ3) is 2.90. The summed E-state index contributed by atoms with van der Waals surface area (Å²) in [5.74, 6) is -0.312. The highest BCUT2D eigenvalue weighted by atomic mass is 16.5. The smallest absolute Gasteiger partial charge is 0.354 e. The van der Waals surface area contributed by atoms with Gasteiger partial charge >= 0.3 is 5.97 Å². The van der Waals surface area contributed by atoms with Crippen LogP contribution in [0.3, 0.4) is 0 Å². The lowest BCUT2D eigenvalue weighted by molar-refractivity contribution is 0.0492. The molecule has 0 spiro atoms. The van der Waals surface area contributed by atoms with E-state index in [0.717, 1.165) is 18.4 Å². The fourth-order valence-corrected chi connectivity index (χ4v) is 1.73. The lowest BCUT2D eigenvalue weighted by Gasteiger charge is -2.02. The van der Waals surface area contributed by atoms with Gasteiger partial charge in [-0.2, -0.15) is 0 Å². The predicted octanol–water partition coefficient (Wildman–Crippen LogP) is 3.50. The molecule has 0 aliphatic carbocycles. The van der Waals surface area contributed by atoms with Gasteiger partial charge in [-0.15, -0.1) is 0 Å². The molecule has 0 aliphatic rings. The summed E-state index contributed by atoms with van der Waals surface area (Å²) in [4.78, 5) is 14.6. The molecule has 2 rings (SSSR count). The van der Waals surface area contributed by atoms with Gasteiger partial charge in [0, 0.05) is 12.1 Å². The molecule has 0 fully saturated rings. The zero-order valence-electron chi connectivity index (χ0n) is 9.99. The average molecular weight is 235 g/mol. The van der Waals surface area contributed by atoms with Gasteiger partial charge in [0.15, 0.2) is 5.58 Å². The number of carbonyl (C=O) groups excluding carboxylic acids is 1. The molecule has 0 saturated heterocycles. The van der Waals surface area contributed by atoms with Crippen molar-refractivity contribution in [3.05, 3.63) is 24.1 Å². The molecule has 0 atom stereocenters. The molecule has 0 saturated carbocycles. The van der Waals surface area contributed by atoms with Crippen LogP contribution in [0.2, 0.25) is 0 Å². The monoisotopic (exact) mass is 235 g/mol.